The first kappa shape index (κ1) is 11.2. The highest BCUT2D eigenvalue weighted by molar-refractivity contribution is 5.79. The predicted octanol–water partition coefficient (Wildman–Crippen LogP) is -0.258. The van der Waals surface area contributed by atoms with Gasteiger partial charge >= 0.3 is 6.02 Å². The molecule has 1 aromatic rings. The van der Waals surface area contributed by atoms with E-state index in [0.29, 0.717) is 6.02 Å². The number of nitrogens with zero attached hydrogens (tertiary/aromatic N) is 3. The van der Waals surface area contributed by atoms with Crippen LogP contribution in [0.5, 0.6) is 11.8 Å². The second kappa shape index (κ2) is 4.12. The zero-order chi connectivity index (χ0) is 11.6. The van der Waals surface area contributed by atoms with E-state index in [0.717, 1.165) is 0 Å². The van der Waals surface area contributed by atoms with Crippen LogP contribution >= 0.6 is 0 Å². The van der Waals surface area contributed by atoms with E-state index in [1.54, 1.807) is 25.7 Å². The van der Waals surface area contributed by atoms with Gasteiger partial charge in [0.25, 0.3) is 0 Å². The van der Waals surface area contributed by atoms with E-state index in [2.05, 4.69) is 0 Å². The fourth-order valence-corrected chi connectivity index (χ4v) is 1.40. The highest BCUT2D eigenvalue weighted by atomic mass is 16.5. The van der Waals surface area contributed by atoms with Gasteiger partial charge in [-0.1, -0.05) is 0 Å². The van der Waals surface area contributed by atoms with E-state index >= 15 is 0 Å². The van der Waals surface area contributed by atoms with Gasteiger partial charge in [0.15, 0.2) is 0 Å². The molecule has 6 nitrogen and oxygen atoms in total. The third kappa shape index (κ3) is 1.98. The number of aromatic hydroxyl groups is 2. The smallest absolute Gasteiger partial charge is 0.470 e. The Labute approximate surface area is 88.2 Å². The zero-order valence-corrected chi connectivity index (χ0v) is 9.30. The van der Waals surface area contributed by atoms with Gasteiger partial charge in [0.1, 0.15) is 7.05 Å². The molecule has 0 spiro atoms. The van der Waals surface area contributed by atoms with E-state index in [9.17, 15) is 10.2 Å². The fraction of sp³-hybridized carbons (Fsp3) is 0.444. The molecule has 2 N–H and O–H groups in total. The molecule has 0 aliphatic carbocycles. The number of rotatable bonds is 1. The van der Waals surface area contributed by atoms with E-state index in [1.165, 1.54) is 28.9 Å². The van der Waals surface area contributed by atoms with Gasteiger partial charge in [0.05, 0.1) is 21.2 Å². The Morgan fingerprint density at radius 3 is 2.13 bits per heavy atom. The molecule has 0 aliphatic heterocycles. The Balaban J connectivity index is 3.14. The highest BCUT2D eigenvalue weighted by Gasteiger charge is 2.24. The summed E-state index contributed by atoms with van der Waals surface area (Å²) in [6.07, 6.45) is 0. The van der Waals surface area contributed by atoms with E-state index in [1.807, 2.05) is 0 Å². The standard InChI is InChI=1S/C9H15N3O3/c1-10(2)9(15-4)11(3)12-7(13)5-6-8(12)14/h5-6H,1-4H3,(H-,13,14)/p+1. The molecule has 6 heteroatoms. The molecule has 0 atom stereocenters. The van der Waals surface area contributed by atoms with Crippen LogP contribution in [0.3, 0.4) is 0 Å². The molecule has 0 aromatic carbocycles. The molecule has 0 saturated heterocycles. The van der Waals surface area contributed by atoms with Crippen LogP contribution in [0, 0.1) is 0 Å². The molecule has 0 bridgehead atoms. The lowest BCUT2D eigenvalue weighted by molar-refractivity contribution is -0.475. The summed E-state index contributed by atoms with van der Waals surface area (Å²) >= 11 is 0. The molecule has 0 saturated carbocycles. The van der Waals surface area contributed by atoms with Crippen molar-refractivity contribution in [3.05, 3.63) is 12.1 Å². The summed E-state index contributed by atoms with van der Waals surface area (Å²) in [6.45, 7) is 0. The molecular weight excluding hydrogens is 198 g/mol. The monoisotopic (exact) mass is 214 g/mol. The van der Waals surface area contributed by atoms with Crippen LogP contribution in [0.25, 0.3) is 0 Å². The fourth-order valence-electron chi connectivity index (χ4n) is 1.40. The lowest BCUT2D eigenvalue weighted by Crippen LogP contribution is -2.41. The number of amidine groups is 1. The van der Waals surface area contributed by atoms with E-state index < -0.39 is 0 Å². The normalized spacial score (nSPS) is 9.87. The van der Waals surface area contributed by atoms with Crippen molar-refractivity contribution >= 4 is 6.02 Å². The summed E-state index contributed by atoms with van der Waals surface area (Å²) in [6, 6.07) is 3.28. The summed E-state index contributed by atoms with van der Waals surface area (Å²) in [5.74, 6) is -0.127. The van der Waals surface area contributed by atoms with Crippen molar-refractivity contribution in [2.24, 2.45) is 0 Å². The van der Waals surface area contributed by atoms with Crippen molar-refractivity contribution in [1.29, 1.82) is 0 Å². The van der Waals surface area contributed by atoms with Crippen molar-refractivity contribution in [3.63, 3.8) is 0 Å². The molecule has 1 heterocycles. The van der Waals surface area contributed by atoms with Crippen molar-refractivity contribution in [3.8, 4) is 11.8 Å². The van der Waals surface area contributed by atoms with Gasteiger partial charge in [-0.2, -0.15) is 0 Å². The maximum atomic E-state index is 9.50. The van der Waals surface area contributed by atoms with Gasteiger partial charge < -0.3 is 14.9 Å². The second-order valence-corrected chi connectivity index (χ2v) is 3.27. The maximum Gasteiger partial charge on any atom is 0.470 e. The maximum absolute atomic E-state index is 9.50. The Kier molecular flexibility index (Phi) is 3.08. The minimum atomic E-state index is -0.0635. The Morgan fingerprint density at radius 1 is 1.33 bits per heavy atom. The summed E-state index contributed by atoms with van der Waals surface area (Å²) < 4.78 is 8.07. The second-order valence-electron chi connectivity index (χ2n) is 3.27. The van der Waals surface area contributed by atoms with Crippen LogP contribution in [-0.2, 0) is 4.74 Å². The molecular formula is C9H16N3O3+. The van der Waals surface area contributed by atoms with Gasteiger partial charge in [-0.25, -0.2) is 4.58 Å². The minimum Gasteiger partial charge on any atom is -0.492 e. The first-order valence-corrected chi connectivity index (χ1v) is 4.41. The summed E-state index contributed by atoms with van der Waals surface area (Å²) in [7, 11) is 6.78. The molecule has 84 valence electrons. The number of hydrogen-bond acceptors (Lipinski definition) is 3. The van der Waals surface area contributed by atoms with Gasteiger partial charge in [-0.3, -0.25) is 0 Å². The average molecular weight is 214 g/mol. The van der Waals surface area contributed by atoms with Crippen molar-refractivity contribution in [2.45, 2.75) is 0 Å². The summed E-state index contributed by atoms with van der Waals surface area (Å²) in [4.78, 5) is 0. The third-order valence-corrected chi connectivity index (χ3v) is 1.96. The van der Waals surface area contributed by atoms with Crippen molar-refractivity contribution in [1.82, 2.24) is 4.68 Å². The van der Waals surface area contributed by atoms with Gasteiger partial charge in [-0.15, -0.1) is 9.69 Å². The first-order valence-electron chi connectivity index (χ1n) is 4.41. The topological polar surface area (TPSA) is 60.9 Å². The molecule has 0 amide bonds. The van der Waals surface area contributed by atoms with Crippen LogP contribution in [-0.4, -0.2) is 53.7 Å². The molecule has 0 radical (unpaired) electrons. The molecule has 1 aromatic heterocycles. The minimum absolute atomic E-state index is 0.0635. The third-order valence-electron chi connectivity index (χ3n) is 1.96. The molecule has 0 unspecified atom stereocenters. The molecule has 15 heavy (non-hydrogen) atoms. The predicted molar refractivity (Wildman–Crippen MR) is 56.0 cm³/mol. The zero-order valence-electron chi connectivity index (χ0n) is 9.30. The number of aromatic nitrogens is 1. The SMILES string of the molecule is COC(N(C)n1c(O)ccc1O)=[N+](C)C. The summed E-state index contributed by atoms with van der Waals surface area (Å²) in [5.41, 5.74) is 0. The van der Waals surface area contributed by atoms with Gasteiger partial charge in [-0.05, 0) is 0 Å². The van der Waals surface area contributed by atoms with Crippen LogP contribution < -0.4 is 5.01 Å². The van der Waals surface area contributed by atoms with Crippen molar-refractivity contribution < 1.29 is 19.5 Å². The number of ether oxygens (including phenoxy) is 1. The molecule has 0 fully saturated rings. The quantitative estimate of drug-likeness (QED) is 0.384. The van der Waals surface area contributed by atoms with Crippen LogP contribution in [0.4, 0.5) is 0 Å². The van der Waals surface area contributed by atoms with Crippen LogP contribution in [0.2, 0.25) is 0 Å². The first-order chi connectivity index (χ1) is 6.99. The Hall–Kier alpha value is -1.85. The van der Waals surface area contributed by atoms with Crippen LogP contribution in [0.15, 0.2) is 12.1 Å². The van der Waals surface area contributed by atoms with Crippen LogP contribution in [0.1, 0.15) is 0 Å². The highest BCUT2D eigenvalue weighted by Crippen LogP contribution is 2.20. The van der Waals surface area contributed by atoms with E-state index in [4.69, 9.17) is 4.74 Å². The molecule has 1 rings (SSSR count). The Bertz CT molecular complexity index is 360. The Morgan fingerprint density at radius 2 is 1.80 bits per heavy atom. The van der Waals surface area contributed by atoms with Gasteiger partial charge in [0, 0.05) is 12.1 Å². The van der Waals surface area contributed by atoms with E-state index in [-0.39, 0.29) is 11.8 Å². The van der Waals surface area contributed by atoms with Crippen molar-refractivity contribution in [2.75, 3.05) is 33.3 Å². The lowest BCUT2D eigenvalue weighted by Gasteiger charge is -2.15. The summed E-state index contributed by atoms with van der Waals surface area (Å²) in [5, 5.41) is 20.5. The largest absolute Gasteiger partial charge is 0.492 e. The lowest BCUT2D eigenvalue weighted by atomic mass is 10.6. The number of methoxy groups -OCH3 is 1. The average Bonchev–Trinajstić information content (AvgIpc) is 2.46. The number of hydrogen-bond donors (Lipinski definition) is 2. The van der Waals surface area contributed by atoms with Gasteiger partial charge in [0.2, 0.25) is 11.8 Å². The molecule has 0 aliphatic rings.